The van der Waals surface area contributed by atoms with E-state index >= 15 is 0 Å². The Morgan fingerprint density at radius 3 is 2.63 bits per heavy atom. The summed E-state index contributed by atoms with van der Waals surface area (Å²) in [4.78, 5) is 13.2. The standard InChI is InChI=1S/C21H22N8O/c1-10-15(9-22)20(27-21(23)25-10)24-12(3)19-14(18-11(2)28-30-13(18)4)8-17-16(26-19)6-7-29(17)5/h6-8,12H,1-5H3,(H3,23,24,25,27)/t12-/m0/s1. The summed E-state index contributed by atoms with van der Waals surface area (Å²) < 4.78 is 7.43. The second-order valence-electron chi connectivity index (χ2n) is 7.32. The highest BCUT2D eigenvalue weighted by Crippen LogP contribution is 2.35. The van der Waals surface area contributed by atoms with Crippen molar-refractivity contribution in [3.63, 3.8) is 0 Å². The van der Waals surface area contributed by atoms with Crippen LogP contribution in [0.25, 0.3) is 22.2 Å². The number of nitriles is 1. The van der Waals surface area contributed by atoms with E-state index in [1.807, 2.05) is 44.6 Å². The molecular weight excluding hydrogens is 380 g/mol. The van der Waals surface area contributed by atoms with Gasteiger partial charge in [-0.2, -0.15) is 10.2 Å². The third-order valence-corrected chi connectivity index (χ3v) is 5.18. The van der Waals surface area contributed by atoms with E-state index < -0.39 is 0 Å². The van der Waals surface area contributed by atoms with Gasteiger partial charge in [0.2, 0.25) is 5.95 Å². The smallest absolute Gasteiger partial charge is 0.222 e. The zero-order valence-electron chi connectivity index (χ0n) is 17.5. The molecule has 3 N–H and O–H groups in total. The molecule has 0 saturated carbocycles. The Morgan fingerprint density at radius 2 is 1.97 bits per heavy atom. The topological polar surface area (TPSA) is 131 Å². The monoisotopic (exact) mass is 402 g/mol. The summed E-state index contributed by atoms with van der Waals surface area (Å²) in [5, 5.41) is 17.0. The van der Waals surface area contributed by atoms with E-state index in [0.29, 0.717) is 17.1 Å². The fourth-order valence-electron chi connectivity index (χ4n) is 3.70. The molecule has 0 amide bonds. The Hall–Kier alpha value is -3.93. The first-order valence-electron chi connectivity index (χ1n) is 9.50. The van der Waals surface area contributed by atoms with Gasteiger partial charge < -0.3 is 20.1 Å². The van der Waals surface area contributed by atoms with Crippen molar-refractivity contribution < 1.29 is 4.52 Å². The van der Waals surface area contributed by atoms with Crippen molar-refractivity contribution in [3.8, 4) is 17.2 Å². The number of pyridine rings is 1. The van der Waals surface area contributed by atoms with Crippen molar-refractivity contribution in [3.05, 3.63) is 46.7 Å². The predicted octanol–water partition coefficient (Wildman–Crippen LogP) is 3.57. The number of nitrogen functional groups attached to an aromatic ring is 1. The van der Waals surface area contributed by atoms with Gasteiger partial charge in [0.25, 0.3) is 0 Å². The molecule has 30 heavy (non-hydrogen) atoms. The van der Waals surface area contributed by atoms with E-state index in [1.54, 1.807) is 6.92 Å². The molecule has 4 heterocycles. The highest BCUT2D eigenvalue weighted by molar-refractivity contribution is 5.84. The maximum atomic E-state index is 9.55. The van der Waals surface area contributed by atoms with E-state index in [1.165, 1.54) is 0 Å². The van der Waals surface area contributed by atoms with Gasteiger partial charge >= 0.3 is 0 Å². The zero-order valence-corrected chi connectivity index (χ0v) is 17.5. The van der Waals surface area contributed by atoms with Crippen LogP contribution in [0.3, 0.4) is 0 Å². The summed E-state index contributed by atoms with van der Waals surface area (Å²) >= 11 is 0. The first kappa shape index (κ1) is 19.4. The number of rotatable bonds is 4. The molecule has 152 valence electrons. The summed E-state index contributed by atoms with van der Waals surface area (Å²) in [5.74, 6) is 1.21. The van der Waals surface area contributed by atoms with Gasteiger partial charge in [0.15, 0.2) is 0 Å². The van der Waals surface area contributed by atoms with Gasteiger partial charge in [0, 0.05) is 24.4 Å². The van der Waals surface area contributed by atoms with Crippen LogP contribution in [0.2, 0.25) is 0 Å². The van der Waals surface area contributed by atoms with Gasteiger partial charge in [-0.25, -0.2) is 9.97 Å². The average Bonchev–Trinajstić information content (AvgIpc) is 3.22. The number of anilines is 2. The minimum atomic E-state index is -0.279. The minimum absolute atomic E-state index is 0.110. The second-order valence-corrected chi connectivity index (χ2v) is 7.32. The summed E-state index contributed by atoms with van der Waals surface area (Å²) in [6.45, 7) is 7.49. The average molecular weight is 402 g/mol. The van der Waals surface area contributed by atoms with E-state index in [2.05, 4.69) is 32.6 Å². The van der Waals surface area contributed by atoms with Crippen molar-refractivity contribution in [2.24, 2.45) is 7.05 Å². The lowest BCUT2D eigenvalue weighted by atomic mass is 9.98. The number of nitrogens with two attached hydrogens (primary N) is 1. The number of nitrogens with zero attached hydrogens (tertiary/aromatic N) is 6. The summed E-state index contributed by atoms with van der Waals surface area (Å²) in [7, 11) is 1.98. The molecule has 0 aliphatic carbocycles. The predicted molar refractivity (Wildman–Crippen MR) is 114 cm³/mol. The van der Waals surface area contributed by atoms with Gasteiger partial charge in [-0.3, -0.25) is 0 Å². The maximum Gasteiger partial charge on any atom is 0.222 e. The van der Waals surface area contributed by atoms with Crippen LogP contribution in [0.1, 0.15) is 41.4 Å². The van der Waals surface area contributed by atoms with Crippen LogP contribution >= 0.6 is 0 Å². The SMILES string of the molecule is Cc1nc(N)nc(N[C@@H](C)c2nc3ccn(C)c3cc2-c2c(C)noc2C)c1C#N. The summed E-state index contributed by atoms with van der Waals surface area (Å²) in [5.41, 5.74) is 12.0. The fraction of sp³-hybridized carbons (Fsp3) is 0.286. The molecule has 0 bridgehead atoms. The summed E-state index contributed by atoms with van der Waals surface area (Å²) in [6.07, 6.45) is 1.97. The van der Waals surface area contributed by atoms with Gasteiger partial charge in [-0.1, -0.05) is 5.16 Å². The molecule has 0 saturated heterocycles. The summed E-state index contributed by atoms with van der Waals surface area (Å²) in [6, 6.07) is 5.93. The van der Waals surface area contributed by atoms with E-state index in [4.69, 9.17) is 15.2 Å². The van der Waals surface area contributed by atoms with E-state index in [9.17, 15) is 5.26 Å². The molecule has 0 aliphatic rings. The molecular formula is C21H22N8O. The van der Waals surface area contributed by atoms with E-state index in [-0.39, 0.29) is 12.0 Å². The van der Waals surface area contributed by atoms with Crippen LogP contribution < -0.4 is 11.1 Å². The van der Waals surface area contributed by atoms with Crippen LogP contribution in [0.4, 0.5) is 11.8 Å². The third kappa shape index (κ3) is 3.12. The highest BCUT2D eigenvalue weighted by Gasteiger charge is 2.23. The van der Waals surface area contributed by atoms with Crippen molar-refractivity contribution in [1.29, 1.82) is 5.26 Å². The van der Waals surface area contributed by atoms with Gasteiger partial charge in [-0.05, 0) is 39.8 Å². The molecule has 4 aromatic rings. The zero-order chi connectivity index (χ0) is 21.6. The number of fused-ring (bicyclic) bond motifs is 1. The van der Waals surface area contributed by atoms with Crippen molar-refractivity contribution in [2.75, 3.05) is 11.1 Å². The van der Waals surface area contributed by atoms with Crippen LogP contribution in [0.15, 0.2) is 22.9 Å². The van der Waals surface area contributed by atoms with Gasteiger partial charge in [0.1, 0.15) is 23.2 Å². The Labute approximate surface area is 173 Å². The van der Waals surface area contributed by atoms with Crippen molar-refractivity contribution >= 4 is 22.8 Å². The molecule has 9 heteroatoms. The molecule has 0 aromatic carbocycles. The van der Waals surface area contributed by atoms with Gasteiger partial charge in [0.05, 0.1) is 34.2 Å². The number of aromatic nitrogens is 5. The quantitative estimate of drug-likeness (QED) is 0.529. The normalized spacial score (nSPS) is 12.1. The largest absolute Gasteiger partial charge is 0.368 e. The second kappa shape index (κ2) is 7.15. The lowest BCUT2D eigenvalue weighted by Crippen LogP contribution is -2.14. The number of nitrogens with one attached hydrogen (secondary N) is 1. The fourth-order valence-corrected chi connectivity index (χ4v) is 3.70. The maximum absolute atomic E-state index is 9.55. The number of hydrogen-bond donors (Lipinski definition) is 2. The van der Waals surface area contributed by atoms with Crippen LogP contribution in [0, 0.1) is 32.1 Å². The molecule has 0 aliphatic heterocycles. The van der Waals surface area contributed by atoms with Crippen LogP contribution in [-0.2, 0) is 7.05 Å². The Bertz CT molecular complexity index is 1290. The first-order chi connectivity index (χ1) is 14.3. The van der Waals surface area contributed by atoms with Crippen LogP contribution in [-0.4, -0.2) is 24.7 Å². The van der Waals surface area contributed by atoms with Crippen molar-refractivity contribution in [1.82, 2.24) is 24.7 Å². The van der Waals surface area contributed by atoms with Crippen LogP contribution in [0.5, 0.6) is 0 Å². The van der Waals surface area contributed by atoms with E-state index in [0.717, 1.165) is 39.3 Å². The molecule has 4 aromatic heterocycles. The molecule has 0 fully saturated rings. The number of aryl methyl sites for hydroxylation is 4. The van der Waals surface area contributed by atoms with Gasteiger partial charge in [-0.15, -0.1) is 0 Å². The van der Waals surface area contributed by atoms with Crippen molar-refractivity contribution in [2.45, 2.75) is 33.7 Å². The molecule has 4 rings (SSSR count). The minimum Gasteiger partial charge on any atom is -0.368 e. The molecule has 0 spiro atoms. The molecule has 0 unspecified atom stereocenters. The molecule has 1 atom stereocenters. The first-order valence-corrected chi connectivity index (χ1v) is 9.50. The molecule has 0 radical (unpaired) electrons. The Kier molecular flexibility index (Phi) is 4.62. The lowest BCUT2D eigenvalue weighted by molar-refractivity contribution is 0.393. The highest BCUT2D eigenvalue weighted by atomic mass is 16.5. The lowest BCUT2D eigenvalue weighted by Gasteiger charge is -2.19. The Morgan fingerprint density at radius 1 is 1.20 bits per heavy atom. The number of hydrogen-bond acceptors (Lipinski definition) is 8. The Balaban J connectivity index is 1.88. The third-order valence-electron chi connectivity index (χ3n) is 5.18. The molecule has 9 nitrogen and oxygen atoms in total.